The third-order valence-corrected chi connectivity index (χ3v) is 2.08. The Morgan fingerprint density at radius 2 is 2.15 bits per heavy atom. The minimum absolute atomic E-state index is 0.142. The van der Waals surface area contributed by atoms with Gasteiger partial charge in [0.15, 0.2) is 6.29 Å². The number of ether oxygens (including phenoxy) is 1. The van der Waals surface area contributed by atoms with Crippen molar-refractivity contribution in [3.05, 3.63) is 60.1 Å². The van der Waals surface area contributed by atoms with Crippen molar-refractivity contribution in [2.45, 2.75) is 13.3 Å². The SMILES string of the molecule is C=C/C(=C\C(=N)C=O)OC1=CC(C)=CC=CC1.CNC. The first-order chi connectivity index (χ1) is 9.57. The van der Waals surface area contributed by atoms with Crippen molar-refractivity contribution < 1.29 is 9.53 Å². The standard InChI is InChI=1S/C14H15NO2.C2H7N/c1-3-13(9-12(15)10-16)17-14-7-5-4-6-11(2)8-14;1-3-2/h3-6,8-10,15H,1,7H2,2H3;3H,1-2H3/b13-9+,15-12?;. The first-order valence-electron chi connectivity index (χ1n) is 6.25. The largest absolute Gasteiger partial charge is 0.461 e. The van der Waals surface area contributed by atoms with E-state index in [2.05, 4.69) is 11.9 Å². The second-order valence-corrected chi connectivity index (χ2v) is 4.08. The molecule has 4 heteroatoms. The Balaban J connectivity index is 0.00000110. The van der Waals surface area contributed by atoms with E-state index < -0.39 is 0 Å². The summed E-state index contributed by atoms with van der Waals surface area (Å²) < 4.78 is 5.58. The number of carbonyl (C=O) groups excluding carboxylic acids is 1. The van der Waals surface area contributed by atoms with E-state index in [4.69, 9.17) is 10.1 Å². The van der Waals surface area contributed by atoms with Crippen molar-refractivity contribution >= 4 is 12.0 Å². The first kappa shape index (κ1) is 17.8. The molecule has 0 fully saturated rings. The van der Waals surface area contributed by atoms with Crippen LogP contribution in [0.3, 0.4) is 0 Å². The van der Waals surface area contributed by atoms with Gasteiger partial charge >= 0.3 is 0 Å². The van der Waals surface area contributed by atoms with Gasteiger partial charge in [-0.25, -0.2) is 0 Å². The summed E-state index contributed by atoms with van der Waals surface area (Å²) in [5.74, 6) is 1.16. The molecule has 0 heterocycles. The fourth-order valence-corrected chi connectivity index (χ4v) is 1.30. The Morgan fingerprint density at radius 1 is 1.50 bits per heavy atom. The van der Waals surface area contributed by atoms with Crippen molar-refractivity contribution in [3.8, 4) is 0 Å². The average Bonchev–Trinajstić information content (AvgIpc) is 2.63. The molecule has 0 unspecified atom stereocenters. The van der Waals surface area contributed by atoms with E-state index in [0.717, 1.165) is 11.3 Å². The van der Waals surface area contributed by atoms with Crippen molar-refractivity contribution in [2.75, 3.05) is 14.1 Å². The molecule has 4 nitrogen and oxygen atoms in total. The van der Waals surface area contributed by atoms with Gasteiger partial charge in [-0.2, -0.15) is 0 Å². The van der Waals surface area contributed by atoms with Gasteiger partial charge in [0, 0.05) is 12.5 Å². The van der Waals surface area contributed by atoms with Crippen LogP contribution in [0.2, 0.25) is 0 Å². The predicted molar refractivity (Wildman–Crippen MR) is 83.7 cm³/mol. The molecule has 1 aliphatic rings. The number of hydrogen-bond acceptors (Lipinski definition) is 4. The van der Waals surface area contributed by atoms with Gasteiger partial charge in [-0.15, -0.1) is 0 Å². The highest BCUT2D eigenvalue weighted by atomic mass is 16.5. The number of hydrogen-bond donors (Lipinski definition) is 2. The van der Waals surface area contributed by atoms with E-state index in [1.54, 1.807) is 0 Å². The van der Waals surface area contributed by atoms with Gasteiger partial charge < -0.3 is 10.1 Å². The lowest BCUT2D eigenvalue weighted by molar-refractivity contribution is -0.102. The van der Waals surface area contributed by atoms with Gasteiger partial charge in [-0.05, 0) is 38.7 Å². The number of nitrogens with one attached hydrogen (secondary N) is 2. The maximum atomic E-state index is 10.4. The summed E-state index contributed by atoms with van der Waals surface area (Å²) in [7, 11) is 3.75. The molecule has 0 radical (unpaired) electrons. The summed E-state index contributed by atoms with van der Waals surface area (Å²) in [5, 5.41) is 10.0. The van der Waals surface area contributed by atoms with Crippen LogP contribution in [0.5, 0.6) is 0 Å². The Labute approximate surface area is 120 Å². The van der Waals surface area contributed by atoms with E-state index in [-0.39, 0.29) is 5.71 Å². The van der Waals surface area contributed by atoms with Gasteiger partial charge in [0.2, 0.25) is 0 Å². The fraction of sp³-hybridized carbons (Fsp3) is 0.250. The smallest absolute Gasteiger partial charge is 0.167 e. The highest BCUT2D eigenvalue weighted by molar-refractivity contribution is 6.32. The lowest BCUT2D eigenvalue weighted by atomic mass is 10.2. The highest BCUT2D eigenvalue weighted by Crippen LogP contribution is 2.17. The summed E-state index contributed by atoms with van der Waals surface area (Å²) in [6.07, 6.45) is 11.8. The van der Waals surface area contributed by atoms with Crippen LogP contribution in [0, 0.1) is 5.41 Å². The number of rotatable bonds is 5. The van der Waals surface area contributed by atoms with Crippen LogP contribution < -0.4 is 5.32 Å². The molecule has 2 N–H and O–H groups in total. The zero-order valence-electron chi connectivity index (χ0n) is 12.3. The Morgan fingerprint density at radius 3 is 2.70 bits per heavy atom. The molecule has 0 spiro atoms. The summed E-state index contributed by atoms with van der Waals surface area (Å²) in [5.41, 5.74) is 0.944. The zero-order valence-corrected chi connectivity index (χ0v) is 12.3. The van der Waals surface area contributed by atoms with E-state index in [1.807, 2.05) is 45.3 Å². The van der Waals surface area contributed by atoms with Crippen LogP contribution in [0.25, 0.3) is 0 Å². The number of carbonyl (C=O) groups is 1. The summed E-state index contributed by atoms with van der Waals surface area (Å²) in [6.45, 7) is 5.57. The fourth-order valence-electron chi connectivity index (χ4n) is 1.30. The molecule has 0 saturated heterocycles. The van der Waals surface area contributed by atoms with Gasteiger partial charge in [-0.1, -0.05) is 24.8 Å². The second-order valence-electron chi connectivity index (χ2n) is 4.08. The Hall–Kier alpha value is -2.20. The van der Waals surface area contributed by atoms with Gasteiger partial charge in [0.1, 0.15) is 11.5 Å². The molecule has 0 aliphatic heterocycles. The Bertz CT molecular complexity index is 469. The summed E-state index contributed by atoms with van der Waals surface area (Å²) in [4.78, 5) is 10.4. The minimum Gasteiger partial charge on any atom is -0.461 e. The van der Waals surface area contributed by atoms with Gasteiger partial charge in [0.05, 0.1) is 5.71 Å². The monoisotopic (exact) mass is 274 g/mol. The minimum atomic E-state index is -0.142. The van der Waals surface area contributed by atoms with E-state index in [1.165, 1.54) is 12.2 Å². The molecule has 0 saturated carbocycles. The third-order valence-electron chi connectivity index (χ3n) is 2.08. The molecule has 0 aromatic rings. The van der Waals surface area contributed by atoms with E-state index in [9.17, 15) is 4.79 Å². The summed E-state index contributed by atoms with van der Waals surface area (Å²) >= 11 is 0. The molecular weight excluding hydrogens is 252 g/mol. The van der Waals surface area contributed by atoms with Crippen molar-refractivity contribution in [3.63, 3.8) is 0 Å². The molecule has 0 amide bonds. The third kappa shape index (κ3) is 8.00. The lowest BCUT2D eigenvalue weighted by Crippen LogP contribution is -1.97. The first-order valence-corrected chi connectivity index (χ1v) is 6.25. The summed E-state index contributed by atoms with van der Waals surface area (Å²) in [6, 6.07) is 0. The predicted octanol–water partition coefficient (Wildman–Crippen LogP) is 2.92. The normalized spacial score (nSPS) is 14.1. The molecule has 108 valence electrons. The molecule has 0 aromatic heterocycles. The van der Waals surface area contributed by atoms with Crippen LogP contribution >= 0.6 is 0 Å². The Kier molecular flexibility index (Phi) is 9.52. The van der Waals surface area contributed by atoms with Crippen LogP contribution in [0.15, 0.2) is 60.1 Å². The molecule has 0 atom stereocenters. The lowest BCUT2D eigenvalue weighted by Gasteiger charge is -2.08. The highest BCUT2D eigenvalue weighted by Gasteiger charge is 2.03. The van der Waals surface area contributed by atoms with E-state index in [0.29, 0.717) is 18.5 Å². The van der Waals surface area contributed by atoms with Crippen molar-refractivity contribution in [1.29, 1.82) is 5.41 Å². The topological polar surface area (TPSA) is 62.2 Å². The molecule has 20 heavy (non-hydrogen) atoms. The van der Waals surface area contributed by atoms with Crippen LogP contribution in [0.1, 0.15) is 13.3 Å². The second kappa shape index (κ2) is 10.7. The van der Waals surface area contributed by atoms with Crippen molar-refractivity contribution in [2.24, 2.45) is 0 Å². The van der Waals surface area contributed by atoms with Gasteiger partial charge in [-0.3, -0.25) is 10.2 Å². The van der Waals surface area contributed by atoms with Crippen LogP contribution in [0.4, 0.5) is 0 Å². The molecule has 0 aromatic carbocycles. The zero-order chi connectivity index (χ0) is 15.4. The molecular formula is C16H22N2O2. The number of allylic oxidation sites excluding steroid dienone is 7. The molecule has 1 rings (SSSR count). The number of aldehydes is 1. The van der Waals surface area contributed by atoms with Crippen LogP contribution in [-0.2, 0) is 9.53 Å². The molecule has 0 bridgehead atoms. The maximum Gasteiger partial charge on any atom is 0.167 e. The molecule has 1 aliphatic carbocycles. The van der Waals surface area contributed by atoms with E-state index >= 15 is 0 Å². The maximum absolute atomic E-state index is 10.4. The van der Waals surface area contributed by atoms with Crippen molar-refractivity contribution in [1.82, 2.24) is 5.32 Å². The quantitative estimate of drug-likeness (QED) is 0.351. The van der Waals surface area contributed by atoms with Crippen LogP contribution in [-0.4, -0.2) is 26.1 Å². The average molecular weight is 274 g/mol. The van der Waals surface area contributed by atoms with Gasteiger partial charge in [0.25, 0.3) is 0 Å².